The number of para-hydroxylation sites is 4. The van der Waals surface area contributed by atoms with Crippen LogP contribution in [0.15, 0.2) is 212 Å². The Labute approximate surface area is 466 Å². The van der Waals surface area contributed by atoms with Crippen molar-refractivity contribution in [3.63, 3.8) is 0 Å². The van der Waals surface area contributed by atoms with Crippen LogP contribution in [0.3, 0.4) is 0 Å². The molecule has 9 aromatic carbocycles. The molecule has 0 amide bonds. The van der Waals surface area contributed by atoms with E-state index in [9.17, 15) is 0 Å². The van der Waals surface area contributed by atoms with Gasteiger partial charge in [0.05, 0.1) is 11.2 Å². The number of rotatable bonds is 7. The predicted molar refractivity (Wildman–Crippen MR) is 336 cm³/mol. The highest BCUT2D eigenvalue weighted by atomic mass is 32.1. The first kappa shape index (κ1) is 48.6. The fourth-order valence-corrected chi connectivity index (χ4v) is 15.3. The maximum atomic E-state index is 2.70. The molecule has 1 fully saturated rings. The first-order chi connectivity index (χ1) is 37.7. The van der Waals surface area contributed by atoms with E-state index >= 15 is 0 Å². The molecule has 0 radical (unpaired) electrons. The van der Waals surface area contributed by atoms with Gasteiger partial charge in [-0.05, 0) is 179 Å². The minimum absolute atomic E-state index is 0.00310. The molecule has 78 heavy (non-hydrogen) atoms. The Hall–Kier alpha value is -7.80. The van der Waals surface area contributed by atoms with Crippen molar-refractivity contribution in [2.75, 3.05) is 19.6 Å². The summed E-state index contributed by atoms with van der Waals surface area (Å²) in [5, 5.41) is 1.31. The van der Waals surface area contributed by atoms with E-state index < -0.39 is 0 Å². The second-order valence-corrected chi connectivity index (χ2v) is 26.0. The Balaban J connectivity index is 1.08. The number of anilines is 11. The number of fused-ring (bicyclic) bond motifs is 9. The Morgan fingerprint density at radius 3 is 1.69 bits per heavy atom. The lowest BCUT2D eigenvalue weighted by molar-refractivity contribution is 0.195. The highest BCUT2D eigenvalue weighted by molar-refractivity contribution is 7.33. The lowest BCUT2D eigenvalue weighted by atomic mass is 9.36. The molecule has 4 nitrogen and oxygen atoms in total. The van der Waals surface area contributed by atoms with E-state index in [1.165, 1.54) is 106 Å². The van der Waals surface area contributed by atoms with Crippen LogP contribution in [0.5, 0.6) is 0 Å². The first-order valence-electron chi connectivity index (χ1n) is 28.2. The quantitative estimate of drug-likeness (QED) is 0.148. The molecule has 2 unspecified atom stereocenters. The summed E-state index contributed by atoms with van der Waals surface area (Å²) in [5.41, 5.74) is 22.3. The molecule has 4 heterocycles. The molecule has 0 spiro atoms. The molecule has 0 saturated heterocycles. The largest absolute Gasteiger partial charge is 0.334 e. The van der Waals surface area contributed by atoms with Crippen LogP contribution in [0.1, 0.15) is 97.8 Å². The van der Waals surface area contributed by atoms with Gasteiger partial charge in [-0.1, -0.05) is 164 Å². The maximum Gasteiger partial charge on any atom is 0.264 e. The second-order valence-electron chi connectivity index (χ2n) is 24.9. The molecular weight excluding hydrogens is 964 g/mol. The molecule has 6 heteroatoms. The van der Waals surface area contributed by atoms with E-state index in [2.05, 4.69) is 287 Å². The molecular formula is C72H67BN4S. The fraction of sp³-hybridized carbons (Fsp3) is 0.222. The summed E-state index contributed by atoms with van der Waals surface area (Å²) in [6, 6.07) is 80.7. The third kappa shape index (κ3) is 7.46. The maximum absolute atomic E-state index is 2.70. The molecule has 3 aliphatic heterocycles. The molecule has 1 aliphatic carbocycles. The smallest absolute Gasteiger partial charge is 0.264 e. The molecule has 4 aliphatic rings. The first-order valence-corrected chi connectivity index (χ1v) is 29.1. The highest BCUT2D eigenvalue weighted by Gasteiger charge is 2.58. The van der Waals surface area contributed by atoms with Gasteiger partial charge in [-0.2, -0.15) is 0 Å². The molecule has 0 N–H and O–H groups in total. The predicted octanol–water partition coefficient (Wildman–Crippen LogP) is 18.5. The van der Waals surface area contributed by atoms with Crippen molar-refractivity contribution in [1.82, 2.24) is 0 Å². The van der Waals surface area contributed by atoms with Gasteiger partial charge in [-0.3, -0.25) is 0 Å². The lowest BCUT2D eigenvalue weighted by Gasteiger charge is -2.50. The summed E-state index contributed by atoms with van der Waals surface area (Å²) < 4.78 is 2.69. The van der Waals surface area contributed by atoms with Crippen molar-refractivity contribution in [2.45, 2.75) is 103 Å². The summed E-state index contributed by atoms with van der Waals surface area (Å²) in [5.74, 6) is 0. The van der Waals surface area contributed by atoms with Gasteiger partial charge in [-0.25, -0.2) is 0 Å². The number of thiophene rings is 1. The van der Waals surface area contributed by atoms with Gasteiger partial charge < -0.3 is 19.6 Å². The van der Waals surface area contributed by atoms with Gasteiger partial charge in [0.25, 0.3) is 6.71 Å². The van der Waals surface area contributed by atoms with Crippen LogP contribution in [0, 0.1) is 0 Å². The molecule has 0 bridgehead atoms. The van der Waals surface area contributed by atoms with Gasteiger partial charge in [0.15, 0.2) is 0 Å². The minimum Gasteiger partial charge on any atom is -0.334 e. The van der Waals surface area contributed by atoms with E-state index in [-0.39, 0.29) is 28.5 Å². The zero-order chi connectivity index (χ0) is 53.3. The van der Waals surface area contributed by atoms with Crippen LogP contribution >= 0.6 is 11.3 Å². The number of benzene rings is 9. The molecule has 1 aromatic heterocycles. The highest BCUT2D eigenvalue weighted by Crippen LogP contribution is 2.61. The van der Waals surface area contributed by atoms with Gasteiger partial charge in [0.2, 0.25) is 0 Å². The number of hydrogen-bond donors (Lipinski definition) is 0. The van der Waals surface area contributed by atoms with Crippen molar-refractivity contribution in [3.05, 3.63) is 229 Å². The van der Waals surface area contributed by atoms with Gasteiger partial charge in [0.1, 0.15) is 0 Å². The van der Waals surface area contributed by atoms with Crippen LogP contribution in [0.25, 0.3) is 21.2 Å². The summed E-state index contributed by atoms with van der Waals surface area (Å²) >= 11 is 1.97. The number of hydrogen-bond acceptors (Lipinski definition) is 5. The standard InChI is InChI=1S/C72H67BN4S/c1-69(2,3)50-32-35-55(36-33-50)75-62-47-57(74(52-23-13-9-14-24-52)53-25-15-10-16-26-53)37-38-60(62)73-66-63(75)44-49(48-31-39-61-59(43-48)71(7)41-21-22-42-72(71,8)77(61)56-29-19-12-20-30-56)45-64(66)76(54-27-17-11-18-28-54)67-58-46-51(70(4,5)6)34-40-65(58)78-68(67)73/h9-20,23-40,43-47H,21-22,41-42H2,1-8H3. The van der Waals surface area contributed by atoms with Crippen molar-refractivity contribution < 1.29 is 0 Å². The van der Waals surface area contributed by atoms with E-state index in [4.69, 9.17) is 0 Å². The zero-order valence-corrected chi connectivity index (χ0v) is 47.1. The average Bonchev–Trinajstić information content (AvgIpc) is 4.12. The normalized spacial score (nSPS) is 18.3. The van der Waals surface area contributed by atoms with Crippen molar-refractivity contribution >= 4 is 106 Å². The van der Waals surface area contributed by atoms with E-state index in [0.717, 1.165) is 35.6 Å². The van der Waals surface area contributed by atoms with Gasteiger partial charge in [0, 0.05) is 77.2 Å². The van der Waals surface area contributed by atoms with Crippen LogP contribution in [-0.4, -0.2) is 12.3 Å². The molecule has 384 valence electrons. The fourth-order valence-electron chi connectivity index (χ4n) is 14.0. The van der Waals surface area contributed by atoms with Crippen molar-refractivity contribution in [3.8, 4) is 11.1 Å². The van der Waals surface area contributed by atoms with Crippen LogP contribution in [0.2, 0.25) is 0 Å². The zero-order valence-electron chi connectivity index (χ0n) is 46.3. The summed E-state index contributed by atoms with van der Waals surface area (Å²) in [6.07, 6.45) is 4.79. The van der Waals surface area contributed by atoms with Crippen LogP contribution in [0.4, 0.5) is 62.6 Å². The molecule has 10 aromatic rings. The minimum atomic E-state index is -0.0557. The van der Waals surface area contributed by atoms with Crippen LogP contribution < -0.4 is 35.3 Å². The third-order valence-electron chi connectivity index (χ3n) is 18.3. The molecule has 2 atom stereocenters. The summed E-state index contributed by atoms with van der Waals surface area (Å²) in [7, 11) is 0. The third-order valence-corrected chi connectivity index (χ3v) is 19.5. The van der Waals surface area contributed by atoms with Crippen molar-refractivity contribution in [2.24, 2.45) is 0 Å². The molecule has 14 rings (SSSR count). The topological polar surface area (TPSA) is 13.0 Å². The average molecular weight is 1030 g/mol. The Morgan fingerprint density at radius 1 is 0.474 bits per heavy atom. The Bertz CT molecular complexity index is 3890. The van der Waals surface area contributed by atoms with E-state index in [1.54, 1.807) is 0 Å². The number of nitrogens with zero attached hydrogens (tertiary/aromatic N) is 4. The van der Waals surface area contributed by atoms with Crippen molar-refractivity contribution in [1.29, 1.82) is 0 Å². The van der Waals surface area contributed by atoms with Gasteiger partial charge in [-0.15, -0.1) is 11.3 Å². The van der Waals surface area contributed by atoms with Gasteiger partial charge >= 0.3 is 0 Å². The SMILES string of the molecule is CC(C)(C)c1ccc(N2c3cc(N(c4ccccc4)c4ccccc4)ccc3B3c4sc5ccc(C(C)(C)C)cc5c4N(c4ccccc4)c4cc(-c5ccc6c(c5)C5(C)CCCCC5(C)N6c5ccccc5)cc2c43)cc1. The summed E-state index contributed by atoms with van der Waals surface area (Å²) in [6.45, 7) is 19.0. The Morgan fingerprint density at radius 2 is 1.05 bits per heavy atom. The van der Waals surface area contributed by atoms with E-state index in [0.29, 0.717) is 0 Å². The second kappa shape index (κ2) is 17.9. The van der Waals surface area contributed by atoms with E-state index in [1.807, 2.05) is 11.3 Å². The lowest BCUT2D eigenvalue weighted by Crippen LogP contribution is -2.60. The Kier molecular flexibility index (Phi) is 11.1. The van der Waals surface area contributed by atoms with Crippen LogP contribution in [-0.2, 0) is 16.2 Å². The molecule has 1 saturated carbocycles. The monoisotopic (exact) mass is 1030 g/mol. The summed E-state index contributed by atoms with van der Waals surface area (Å²) in [4.78, 5) is 10.4.